The van der Waals surface area contributed by atoms with Crippen LogP contribution in [0, 0.1) is 0 Å². The van der Waals surface area contributed by atoms with Crippen LogP contribution in [0.3, 0.4) is 0 Å². The van der Waals surface area contributed by atoms with Gasteiger partial charge in [0.25, 0.3) is 5.91 Å². The molecule has 0 aromatic heterocycles. The second-order valence-electron chi connectivity index (χ2n) is 8.69. The molecular formula is C27H28Cl2N2O3. The Morgan fingerprint density at radius 2 is 1.79 bits per heavy atom. The molecule has 0 bridgehead atoms. The Hall–Kier alpha value is -2.76. The van der Waals surface area contributed by atoms with Crippen LogP contribution in [0.2, 0.25) is 10.0 Å². The monoisotopic (exact) mass is 498 g/mol. The second kappa shape index (κ2) is 11.1. The first-order chi connectivity index (χ1) is 16.4. The normalized spacial score (nSPS) is 14.7. The molecule has 34 heavy (non-hydrogen) atoms. The van der Waals surface area contributed by atoms with Gasteiger partial charge in [0.05, 0.1) is 0 Å². The van der Waals surface area contributed by atoms with Crippen molar-refractivity contribution in [2.24, 2.45) is 0 Å². The van der Waals surface area contributed by atoms with Crippen molar-refractivity contribution >= 4 is 45.8 Å². The van der Waals surface area contributed by atoms with Gasteiger partial charge in [-0.25, -0.2) is 0 Å². The lowest BCUT2D eigenvalue weighted by Gasteiger charge is -2.30. The van der Waals surface area contributed by atoms with E-state index in [-0.39, 0.29) is 31.0 Å². The standard InChI is InChI=1S/C27H28Cl2N2O3/c1-18(27(33)30-22-9-3-4-10-22)31(16-20-13-14-21(28)15-24(20)29)26(32)17-34-25-12-6-8-19-7-2-5-11-23(19)25/h2,5-8,11-15,18,22H,3-4,9-10,16-17H2,1H3,(H,30,33)/t18-/m0/s1. The van der Waals surface area contributed by atoms with Gasteiger partial charge >= 0.3 is 0 Å². The molecule has 0 spiro atoms. The molecule has 0 aliphatic heterocycles. The highest BCUT2D eigenvalue weighted by Crippen LogP contribution is 2.26. The van der Waals surface area contributed by atoms with Gasteiger partial charge in [-0.3, -0.25) is 9.59 Å². The van der Waals surface area contributed by atoms with E-state index in [0.717, 1.165) is 36.5 Å². The maximum absolute atomic E-state index is 13.4. The van der Waals surface area contributed by atoms with Crippen LogP contribution in [-0.4, -0.2) is 35.4 Å². The molecule has 1 saturated carbocycles. The summed E-state index contributed by atoms with van der Waals surface area (Å²) < 4.78 is 5.94. The third kappa shape index (κ3) is 5.83. The molecule has 0 radical (unpaired) electrons. The maximum atomic E-state index is 13.4. The number of carbonyl (C=O) groups excluding carboxylic acids is 2. The quantitative estimate of drug-likeness (QED) is 0.414. The Morgan fingerprint density at radius 3 is 2.56 bits per heavy atom. The third-order valence-electron chi connectivity index (χ3n) is 6.33. The molecule has 7 heteroatoms. The number of hydrogen-bond acceptors (Lipinski definition) is 3. The first-order valence-electron chi connectivity index (χ1n) is 11.6. The Bertz CT molecular complexity index is 1170. The van der Waals surface area contributed by atoms with Crippen molar-refractivity contribution in [3.63, 3.8) is 0 Å². The number of fused-ring (bicyclic) bond motifs is 1. The lowest BCUT2D eigenvalue weighted by atomic mass is 10.1. The fraction of sp³-hybridized carbons (Fsp3) is 0.333. The molecule has 0 saturated heterocycles. The Morgan fingerprint density at radius 1 is 1.06 bits per heavy atom. The van der Waals surface area contributed by atoms with E-state index < -0.39 is 6.04 Å². The number of hydrogen-bond donors (Lipinski definition) is 1. The highest BCUT2D eigenvalue weighted by Gasteiger charge is 2.29. The van der Waals surface area contributed by atoms with Crippen LogP contribution in [0.5, 0.6) is 5.75 Å². The van der Waals surface area contributed by atoms with Crippen LogP contribution in [0.1, 0.15) is 38.2 Å². The summed E-state index contributed by atoms with van der Waals surface area (Å²) in [4.78, 5) is 27.9. The molecule has 3 aromatic carbocycles. The van der Waals surface area contributed by atoms with Crippen molar-refractivity contribution in [3.05, 3.63) is 76.3 Å². The van der Waals surface area contributed by atoms with Crippen molar-refractivity contribution in [1.82, 2.24) is 10.2 Å². The Balaban J connectivity index is 1.52. The molecule has 2 amide bonds. The van der Waals surface area contributed by atoms with Crippen molar-refractivity contribution in [2.45, 2.75) is 51.2 Å². The van der Waals surface area contributed by atoms with Gasteiger partial charge in [0.15, 0.2) is 6.61 Å². The van der Waals surface area contributed by atoms with E-state index in [1.54, 1.807) is 25.1 Å². The minimum absolute atomic E-state index is 0.165. The molecule has 0 heterocycles. The van der Waals surface area contributed by atoms with Gasteiger partial charge in [0.2, 0.25) is 5.91 Å². The van der Waals surface area contributed by atoms with Gasteiger partial charge in [0, 0.05) is 28.0 Å². The van der Waals surface area contributed by atoms with E-state index in [1.807, 2.05) is 42.5 Å². The van der Waals surface area contributed by atoms with E-state index in [2.05, 4.69) is 5.32 Å². The zero-order chi connectivity index (χ0) is 24.1. The summed E-state index contributed by atoms with van der Waals surface area (Å²) in [6.07, 6.45) is 4.17. The van der Waals surface area contributed by atoms with Crippen LogP contribution in [0.15, 0.2) is 60.7 Å². The smallest absolute Gasteiger partial charge is 0.261 e. The van der Waals surface area contributed by atoms with Crippen molar-refractivity contribution in [3.8, 4) is 5.75 Å². The molecule has 1 atom stereocenters. The number of nitrogens with zero attached hydrogens (tertiary/aromatic N) is 1. The second-order valence-corrected chi connectivity index (χ2v) is 9.53. The summed E-state index contributed by atoms with van der Waals surface area (Å²) in [5, 5.41) is 6.01. The lowest BCUT2D eigenvalue weighted by molar-refractivity contribution is -0.142. The maximum Gasteiger partial charge on any atom is 0.261 e. The average Bonchev–Trinajstić information content (AvgIpc) is 3.34. The molecule has 178 valence electrons. The summed E-state index contributed by atoms with van der Waals surface area (Å²) in [7, 11) is 0. The van der Waals surface area contributed by atoms with E-state index in [1.165, 1.54) is 4.90 Å². The average molecular weight is 499 g/mol. The van der Waals surface area contributed by atoms with Gasteiger partial charge in [-0.2, -0.15) is 0 Å². The first-order valence-corrected chi connectivity index (χ1v) is 12.3. The zero-order valence-corrected chi connectivity index (χ0v) is 20.6. The van der Waals surface area contributed by atoms with Crippen molar-refractivity contribution < 1.29 is 14.3 Å². The van der Waals surface area contributed by atoms with Crippen LogP contribution < -0.4 is 10.1 Å². The number of nitrogens with one attached hydrogen (secondary N) is 1. The van der Waals surface area contributed by atoms with Crippen LogP contribution in [0.4, 0.5) is 0 Å². The predicted octanol–water partition coefficient (Wildman–Crippen LogP) is 6.00. The van der Waals surface area contributed by atoms with Gasteiger partial charge in [-0.1, -0.05) is 78.5 Å². The number of rotatable bonds is 8. The van der Waals surface area contributed by atoms with Crippen molar-refractivity contribution in [2.75, 3.05) is 6.61 Å². The van der Waals surface area contributed by atoms with Gasteiger partial charge < -0.3 is 15.0 Å². The molecular weight excluding hydrogens is 471 g/mol. The molecule has 3 aromatic rings. The third-order valence-corrected chi connectivity index (χ3v) is 6.91. The van der Waals surface area contributed by atoms with E-state index >= 15 is 0 Å². The lowest BCUT2D eigenvalue weighted by Crippen LogP contribution is -2.50. The summed E-state index contributed by atoms with van der Waals surface area (Å²) in [6.45, 7) is 1.72. The van der Waals surface area contributed by atoms with E-state index in [0.29, 0.717) is 21.4 Å². The summed E-state index contributed by atoms with van der Waals surface area (Å²) in [6, 6.07) is 18.2. The highest BCUT2D eigenvalue weighted by molar-refractivity contribution is 6.35. The summed E-state index contributed by atoms with van der Waals surface area (Å²) in [5.74, 6) is 0.155. The zero-order valence-electron chi connectivity index (χ0n) is 19.1. The number of benzene rings is 3. The molecule has 5 nitrogen and oxygen atoms in total. The molecule has 1 aliphatic rings. The van der Waals surface area contributed by atoms with Gasteiger partial charge in [-0.05, 0) is 48.9 Å². The van der Waals surface area contributed by atoms with Crippen LogP contribution >= 0.6 is 23.2 Å². The number of halogens is 2. The molecule has 1 aliphatic carbocycles. The fourth-order valence-corrected chi connectivity index (χ4v) is 4.82. The number of amides is 2. The minimum Gasteiger partial charge on any atom is -0.483 e. The van der Waals surface area contributed by atoms with E-state index in [4.69, 9.17) is 27.9 Å². The molecule has 4 rings (SSSR count). The molecule has 1 N–H and O–H groups in total. The Kier molecular flexibility index (Phi) is 7.96. The molecule has 0 unspecified atom stereocenters. The SMILES string of the molecule is C[C@@H](C(=O)NC1CCCC1)N(Cc1ccc(Cl)cc1Cl)C(=O)COc1cccc2ccccc12. The first kappa shape index (κ1) is 24.4. The van der Waals surface area contributed by atoms with Crippen molar-refractivity contribution in [1.29, 1.82) is 0 Å². The topological polar surface area (TPSA) is 58.6 Å². The summed E-state index contributed by atoms with van der Waals surface area (Å²) >= 11 is 12.4. The molecule has 1 fully saturated rings. The van der Waals surface area contributed by atoms with Crippen LogP contribution in [-0.2, 0) is 16.1 Å². The number of carbonyl (C=O) groups is 2. The minimum atomic E-state index is -0.684. The van der Waals surface area contributed by atoms with E-state index in [9.17, 15) is 9.59 Å². The van der Waals surface area contributed by atoms with Gasteiger partial charge in [0.1, 0.15) is 11.8 Å². The predicted molar refractivity (Wildman–Crippen MR) is 136 cm³/mol. The summed E-state index contributed by atoms with van der Waals surface area (Å²) in [5.41, 5.74) is 0.713. The van der Waals surface area contributed by atoms with Gasteiger partial charge in [-0.15, -0.1) is 0 Å². The highest BCUT2D eigenvalue weighted by atomic mass is 35.5. The largest absolute Gasteiger partial charge is 0.483 e. The Labute approximate surface area is 210 Å². The fourth-order valence-electron chi connectivity index (χ4n) is 4.35. The van der Waals surface area contributed by atoms with Crippen LogP contribution in [0.25, 0.3) is 10.8 Å². The number of ether oxygens (including phenoxy) is 1.